The third-order valence-electron chi connectivity index (χ3n) is 18.7. The summed E-state index contributed by atoms with van der Waals surface area (Å²) in [6.45, 7) is 76.3. The Hall–Kier alpha value is -5.20. The van der Waals surface area contributed by atoms with Gasteiger partial charge in [-0.1, -0.05) is 281 Å². The number of rotatable bonds is 0. The van der Waals surface area contributed by atoms with Gasteiger partial charge in [0.1, 0.15) is 0 Å². The van der Waals surface area contributed by atoms with Crippen molar-refractivity contribution in [2.24, 2.45) is 0 Å². The van der Waals surface area contributed by atoms with Crippen LogP contribution < -0.4 is 0 Å². The molecule has 0 heteroatoms. The molecule has 10 aromatic carbocycles. The van der Waals surface area contributed by atoms with E-state index in [1.807, 2.05) is 0 Å². The van der Waals surface area contributed by atoms with Gasteiger partial charge in [0.05, 0.1) is 0 Å². The highest BCUT2D eigenvalue weighted by Crippen LogP contribution is 2.56. The van der Waals surface area contributed by atoms with Gasteiger partial charge in [0.15, 0.2) is 0 Å². The molecule has 0 saturated carbocycles. The van der Waals surface area contributed by atoms with E-state index in [-0.39, 0.29) is 54.1 Å². The van der Waals surface area contributed by atoms with Gasteiger partial charge < -0.3 is 0 Å². The first-order valence-corrected chi connectivity index (χ1v) is 31.5. The number of hydrogen-bond donors (Lipinski definition) is 0. The maximum atomic E-state index is 2.59. The van der Waals surface area contributed by atoms with E-state index in [0.717, 1.165) is 0 Å². The van der Waals surface area contributed by atoms with Gasteiger partial charge in [-0.2, -0.15) is 0 Å². The van der Waals surface area contributed by atoms with Gasteiger partial charge in [-0.05, 0) is 221 Å². The summed E-state index contributed by atoms with van der Waals surface area (Å²) in [5.74, 6) is 0. The van der Waals surface area contributed by atoms with Crippen molar-refractivity contribution >= 4 is 86.2 Å². The molecule has 10 aromatic rings. The number of benzene rings is 10. The number of hydrogen-bond acceptors (Lipinski definition) is 0. The Kier molecular flexibility index (Phi) is 14.0. The highest BCUT2D eigenvalue weighted by Gasteiger charge is 2.37. The summed E-state index contributed by atoms with van der Waals surface area (Å²) in [5, 5.41) is 23.3. The average Bonchev–Trinajstić information content (AvgIpc) is 1.01. The van der Waals surface area contributed by atoms with Gasteiger partial charge in [0, 0.05) is 0 Å². The van der Waals surface area contributed by atoms with Crippen molar-refractivity contribution in [3.63, 3.8) is 0 Å². The molecule has 0 unspecified atom stereocenters. The largest absolute Gasteiger partial charge is 0.0572 e. The molecule has 0 atom stereocenters. The van der Waals surface area contributed by atoms with Crippen molar-refractivity contribution in [3.8, 4) is 0 Å². The third kappa shape index (κ3) is 9.91. The Morgan fingerprint density at radius 3 is 0.634 bits per heavy atom. The molecule has 10 rings (SSSR count). The van der Waals surface area contributed by atoms with Gasteiger partial charge >= 0.3 is 0 Å². The summed E-state index contributed by atoms with van der Waals surface area (Å²) in [5.41, 5.74) is 17.7. The predicted octanol–water partition coefficient (Wildman–Crippen LogP) is 25.1. The van der Waals surface area contributed by atoms with Gasteiger partial charge in [0.2, 0.25) is 0 Å². The summed E-state index contributed by atoms with van der Waals surface area (Å²) in [4.78, 5) is 0. The lowest BCUT2D eigenvalue weighted by Gasteiger charge is -2.35. The van der Waals surface area contributed by atoms with Crippen LogP contribution in [0.25, 0.3) is 86.2 Å². The second kappa shape index (κ2) is 18.6. The minimum absolute atomic E-state index is 0.000593. The quantitative estimate of drug-likeness (QED) is 0.105. The van der Waals surface area contributed by atoms with Crippen molar-refractivity contribution in [3.05, 3.63) is 140 Å². The summed E-state index contributed by atoms with van der Waals surface area (Å²) in [6, 6.07) is 29.9. The summed E-state index contributed by atoms with van der Waals surface area (Å²) < 4.78 is 0. The highest BCUT2D eigenvalue weighted by atomic mass is 14.4. The molecule has 0 N–H and O–H groups in total. The summed E-state index contributed by atoms with van der Waals surface area (Å²) in [7, 11) is 0. The van der Waals surface area contributed by atoms with Crippen LogP contribution in [0.5, 0.6) is 0 Å². The molecule has 0 radical (unpaired) electrons. The fourth-order valence-corrected chi connectivity index (χ4v) is 14.7. The molecule has 0 heterocycles. The Balaban J connectivity index is 0.000000198. The van der Waals surface area contributed by atoms with Crippen LogP contribution in [0, 0.1) is 13.8 Å². The third-order valence-corrected chi connectivity index (χ3v) is 18.7. The van der Waals surface area contributed by atoms with Crippen molar-refractivity contribution in [1.82, 2.24) is 0 Å². The molecule has 0 aromatic heterocycles. The first-order valence-electron chi connectivity index (χ1n) is 31.5. The van der Waals surface area contributed by atoms with E-state index in [0.29, 0.717) is 0 Å². The van der Waals surface area contributed by atoms with Crippen LogP contribution in [0.3, 0.4) is 0 Å². The monoisotopic (exact) mass is 1090 g/mol. The molecule has 0 spiro atoms. The lowest BCUT2D eigenvalue weighted by atomic mass is 9.69. The fraction of sp³-hybridized carbons (Fsp3) is 0.512. The fourth-order valence-electron chi connectivity index (χ4n) is 14.7. The molecule has 82 heavy (non-hydrogen) atoms. The van der Waals surface area contributed by atoms with E-state index in [9.17, 15) is 0 Å². The topological polar surface area (TPSA) is 0 Å². The van der Waals surface area contributed by atoms with Crippen LogP contribution in [0.2, 0.25) is 0 Å². The van der Waals surface area contributed by atoms with Gasteiger partial charge in [-0.25, -0.2) is 0 Å². The molecular weight excluding hydrogens is 985 g/mol. The zero-order valence-corrected chi connectivity index (χ0v) is 57.9. The second-order valence-electron chi connectivity index (χ2n) is 36.1. The van der Waals surface area contributed by atoms with Crippen molar-refractivity contribution in [2.75, 3.05) is 0 Å². The van der Waals surface area contributed by atoms with Crippen LogP contribution in [-0.2, 0) is 54.1 Å². The Morgan fingerprint density at radius 1 is 0.159 bits per heavy atom. The second-order valence-corrected chi connectivity index (χ2v) is 36.1. The van der Waals surface area contributed by atoms with E-state index in [4.69, 9.17) is 0 Å². The SMILES string of the molecule is Cc1cc(C(C)(C)C)c2c(C(C)(C)C)cc(C(C)(C)C)c3c4ccc(C(C)(C)C)c5c(C(C)(C)C)ccc(c1c23)c54.Cc1cc(C(C)(C)C)c2c(C(C)(C)C)ccc3c4c(C(C)(C)C)cc(C(C)(C)C)c5c(C(C)(C)C)ccc(c1c23)c54. The van der Waals surface area contributed by atoms with Crippen molar-refractivity contribution in [2.45, 2.75) is 276 Å². The van der Waals surface area contributed by atoms with E-state index in [2.05, 4.69) is 294 Å². The summed E-state index contributed by atoms with van der Waals surface area (Å²) in [6.07, 6.45) is 0. The Labute approximate surface area is 498 Å². The van der Waals surface area contributed by atoms with Crippen LogP contribution >= 0.6 is 0 Å². The van der Waals surface area contributed by atoms with Gasteiger partial charge in [0.25, 0.3) is 0 Å². The first kappa shape index (κ1) is 61.4. The molecule has 0 amide bonds. The molecule has 0 fully saturated rings. The Bertz CT molecular complexity index is 4180. The average molecular weight is 1090 g/mol. The van der Waals surface area contributed by atoms with Crippen molar-refractivity contribution < 1.29 is 0 Å². The van der Waals surface area contributed by atoms with E-state index in [1.165, 1.54) is 153 Å². The van der Waals surface area contributed by atoms with E-state index >= 15 is 0 Å². The van der Waals surface area contributed by atoms with Crippen LogP contribution in [0.1, 0.15) is 274 Å². The maximum Gasteiger partial charge on any atom is -0.00148 e. The van der Waals surface area contributed by atoms with Gasteiger partial charge in [-0.15, -0.1) is 0 Å². The zero-order valence-electron chi connectivity index (χ0n) is 57.9. The maximum absolute atomic E-state index is 2.59. The van der Waals surface area contributed by atoms with Crippen LogP contribution in [0.15, 0.2) is 72.8 Å². The minimum atomic E-state index is 0.000593. The Morgan fingerprint density at radius 2 is 0.341 bits per heavy atom. The molecule has 0 aliphatic rings. The molecule has 0 saturated heterocycles. The van der Waals surface area contributed by atoms with E-state index in [1.54, 1.807) is 0 Å². The van der Waals surface area contributed by atoms with Crippen molar-refractivity contribution in [1.29, 1.82) is 0 Å². The standard InChI is InChI=1S/2C41H54/c1-23-21-28(39(8,9)10)35-26(37(2,3)4)20-18-25-32-29(40(11,12)13)22-30(41(14,15)16)36-27(38(5,6)7)19-17-24(34(32)36)31(23)33(25)35;1-23-21-28(39(8,9)10)35-30(41(14,15)16)22-29(40(11,12)13)33-25-18-20-27(38(5,6)7)34-26(37(2,3)4)19-17-24(32(25)34)31(23)36(33)35/h2*17-22H,1-16H3. The van der Waals surface area contributed by atoms with E-state index < -0.39 is 0 Å². The molecule has 436 valence electrons. The van der Waals surface area contributed by atoms with Crippen LogP contribution in [-0.4, -0.2) is 0 Å². The molecular formula is C82H108. The predicted molar refractivity (Wildman–Crippen MR) is 372 cm³/mol. The van der Waals surface area contributed by atoms with Crippen LogP contribution in [0.4, 0.5) is 0 Å². The molecule has 0 aliphatic carbocycles. The molecule has 0 aliphatic heterocycles. The smallest absolute Gasteiger partial charge is 0.00148 e. The normalized spacial score (nSPS) is 14.3. The lowest BCUT2D eigenvalue weighted by molar-refractivity contribution is 0.569. The molecule has 0 nitrogen and oxygen atoms in total. The van der Waals surface area contributed by atoms with Gasteiger partial charge in [-0.3, -0.25) is 0 Å². The number of fused-ring (bicyclic) bond motifs is 4. The molecule has 0 bridgehead atoms. The first-order chi connectivity index (χ1) is 36.9. The minimum Gasteiger partial charge on any atom is -0.0572 e. The summed E-state index contributed by atoms with van der Waals surface area (Å²) >= 11 is 0. The number of aryl methyl sites for hydroxylation is 2. The highest BCUT2D eigenvalue weighted by molar-refractivity contribution is 6.37. The lowest BCUT2D eigenvalue weighted by Crippen LogP contribution is -2.21. The zero-order chi connectivity index (χ0) is 61.7.